The Hall–Kier alpha value is -3.02. The van der Waals surface area contributed by atoms with Crippen LogP contribution in [0.2, 0.25) is 0 Å². The van der Waals surface area contributed by atoms with Crippen LogP contribution in [0.15, 0.2) is 53.5 Å². The van der Waals surface area contributed by atoms with E-state index in [9.17, 15) is 4.79 Å². The molecule has 2 aromatic rings. The lowest BCUT2D eigenvalue weighted by Crippen LogP contribution is -2.39. The Balaban J connectivity index is 1.80. The standard InChI is InChI=1S/C24H34N4O2/c1-24(2,3)20-9-7-8-10-21(20)30-16-15-26-23(25-4)27-17-18-11-13-19(14-12-18)22(29)28(5)6/h7-14H,15-17H2,1-6H3,(H2,25,26,27). The molecule has 0 atom stereocenters. The number of para-hydroxylation sites is 1. The summed E-state index contributed by atoms with van der Waals surface area (Å²) in [5, 5.41) is 6.55. The van der Waals surface area contributed by atoms with Gasteiger partial charge in [0.2, 0.25) is 0 Å². The van der Waals surface area contributed by atoms with Gasteiger partial charge in [0.15, 0.2) is 5.96 Å². The van der Waals surface area contributed by atoms with Gasteiger partial charge in [0.25, 0.3) is 5.91 Å². The van der Waals surface area contributed by atoms with Crippen molar-refractivity contribution in [2.24, 2.45) is 4.99 Å². The van der Waals surface area contributed by atoms with E-state index in [0.717, 1.165) is 11.3 Å². The highest BCUT2D eigenvalue weighted by Gasteiger charge is 2.18. The van der Waals surface area contributed by atoms with Crippen LogP contribution < -0.4 is 15.4 Å². The zero-order valence-corrected chi connectivity index (χ0v) is 19.0. The fourth-order valence-corrected chi connectivity index (χ4v) is 2.97. The molecular weight excluding hydrogens is 376 g/mol. The zero-order chi connectivity index (χ0) is 22.1. The summed E-state index contributed by atoms with van der Waals surface area (Å²) in [6.45, 7) is 8.33. The van der Waals surface area contributed by atoms with Crippen LogP contribution in [0.1, 0.15) is 42.3 Å². The predicted octanol–water partition coefficient (Wildman–Crippen LogP) is 3.43. The summed E-state index contributed by atoms with van der Waals surface area (Å²) in [6, 6.07) is 15.7. The van der Waals surface area contributed by atoms with Crippen molar-refractivity contribution in [1.82, 2.24) is 15.5 Å². The molecule has 0 fully saturated rings. The van der Waals surface area contributed by atoms with Crippen LogP contribution in [0.4, 0.5) is 0 Å². The molecule has 0 aromatic heterocycles. The lowest BCUT2D eigenvalue weighted by Gasteiger charge is -2.22. The highest BCUT2D eigenvalue weighted by Crippen LogP contribution is 2.30. The smallest absolute Gasteiger partial charge is 0.253 e. The highest BCUT2D eigenvalue weighted by molar-refractivity contribution is 5.93. The lowest BCUT2D eigenvalue weighted by atomic mass is 9.86. The number of nitrogens with one attached hydrogen (secondary N) is 2. The molecule has 1 amide bonds. The van der Waals surface area contributed by atoms with Gasteiger partial charge in [-0.2, -0.15) is 0 Å². The second-order valence-corrected chi connectivity index (χ2v) is 8.34. The molecule has 0 aliphatic carbocycles. The number of benzene rings is 2. The third kappa shape index (κ3) is 6.79. The molecule has 0 aliphatic rings. The highest BCUT2D eigenvalue weighted by atomic mass is 16.5. The Morgan fingerprint density at radius 3 is 2.30 bits per heavy atom. The Morgan fingerprint density at radius 2 is 1.70 bits per heavy atom. The van der Waals surface area contributed by atoms with Crippen LogP contribution in [0.3, 0.4) is 0 Å². The van der Waals surface area contributed by atoms with Crippen molar-refractivity contribution in [3.05, 3.63) is 65.2 Å². The molecule has 0 unspecified atom stereocenters. The molecular formula is C24H34N4O2. The van der Waals surface area contributed by atoms with Gasteiger partial charge >= 0.3 is 0 Å². The largest absolute Gasteiger partial charge is 0.491 e. The summed E-state index contributed by atoms with van der Waals surface area (Å²) in [5.41, 5.74) is 2.99. The van der Waals surface area contributed by atoms with Crippen LogP contribution in [0.25, 0.3) is 0 Å². The van der Waals surface area contributed by atoms with Crippen molar-refractivity contribution >= 4 is 11.9 Å². The third-order valence-electron chi connectivity index (χ3n) is 4.64. The van der Waals surface area contributed by atoms with Crippen LogP contribution in [0, 0.1) is 0 Å². The lowest BCUT2D eigenvalue weighted by molar-refractivity contribution is 0.0827. The minimum absolute atomic E-state index is 0.0000182. The number of carbonyl (C=O) groups excluding carboxylic acids is 1. The van der Waals surface area contributed by atoms with Crippen LogP contribution in [-0.2, 0) is 12.0 Å². The van der Waals surface area contributed by atoms with E-state index in [1.165, 1.54) is 5.56 Å². The van der Waals surface area contributed by atoms with Crippen LogP contribution in [0.5, 0.6) is 5.75 Å². The average Bonchev–Trinajstić information content (AvgIpc) is 2.72. The number of carbonyl (C=O) groups is 1. The van der Waals surface area contributed by atoms with E-state index in [0.29, 0.717) is 31.2 Å². The van der Waals surface area contributed by atoms with Crippen molar-refractivity contribution < 1.29 is 9.53 Å². The van der Waals surface area contributed by atoms with E-state index in [4.69, 9.17) is 4.74 Å². The fraction of sp³-hybridized carbons (Fsp3) is 0.417. The predicted molar refractivity (Wildman–Crippen MR) is 123 cm³/mol. The van der Waals surface area contributed by atoms with Crippen molar-refractivity contribution in [3.8, 4) is 5.75 Å². The quantitative estimate of drug-likeness (QED) is 0.417. The topological polar surface area (TPSA) is 66.0 Å². The van der Waals surface area contributed by atoms with Gasteiger partial charge < -0.3 is 20.3 Å². The van der Waals surface area contributed by atoms with Gasteiger partial charge in [0, 0.05) is 33.3 Å². The first kappa shape index (κ1) is 23.3. The third-order valence-corrected chi connectivity index (χ3v) is 4.64. The van der Waals surface area contributed by atoms with Crippen molar-refractivity contribution in [1.29, 1.82) is 0 Å². The first-order valence-electron chi connectivity index (χ1n) is 10.2. The number of nitrogens with zero attached hydrogens (tertiary/aromatic N) is 2. The number of hydrogen-bond donors (Lipinski definition) is 2. The minimum atomic E-state index is 0.0000182. The summed E-state index contributed by atoms with van der Waals surface area (Å²) < 4.78 is 6.00. The average molecular weight is 411 g/mol. The molecule has 2 aromatic carbocycles. The molecule has 6 heteroatoms. The van der Waals surface area contributed by atoms with E-state index in [-0.39, 0.29) is 11.3 Å². The van der Waals surface area contributed by atoms with Gasteiger partial charge in [0.05, 0.1) is 6.54 Å². The molecule has 0 bridgehead atoms. The second kappa shape index (κ2) is 10.7. The number of amides is 1. The molecule has 0 spiro atoms. The maximum absolute atomic E-state index is 12.0. The number of rotatable bonds is 7. The Bertz CT molecular complexity index is 852. The number of aliphatic imine (C=N–C) groups is 1. The van der Waals surface area contributed by atoms with Crippen LogP contribution in [-0.4, -0.2) is 51.1 Å². The summed E-state index contributed by atoms with van der Waals surface area (Å²) in [6.07, 6.45) is 0. The molecule has 0 radical (unpaired) electrons. The van der Waals surface area contributed by atoms with Crippen molar-refractivity contribution in [2.75, 3.05) is 34.3 Å². The van der Waals surface area contributed by atoms with Gasteiger partial charge in [-0.25, -0.2) is 0 Å². The molecule has 0 aliphatic heterocycles. The SMILES string of the molecule is CN=C(NCCOc1ccccc1C(C)(C)C)NCc1ccc(C(=O)N(C)C)cc1. The summed E-state index contributed by atoms with van der Waals surface area (Å²) in [5.74, 6) is 1.62. The maximum Gasteiger partial charge on any atom is 0.253 e. The number of hydrogen-bond acceptors (Lipinski definition) is 3. The van der Waals surface area contributed by atoms with Gasteiger partial charge in [-0.15, -0.1) is 0 Å². The molecule has 0 saturated heterocycles. The second-order valence-electron chi connectivity index (χ2n) is 8.34. The van der Waals surface area contributed by atoms with Gasteiger partial charge in [-0.05, 0) is 34.7 Å². The molecule has 0 heterocycles. The Kier molecular flexibility index (Phi) is 8.27. The van der Waals surface area contributed by atoms with E-state index < -0.39 is 0 Å². The van der Waals surface area contributed by atoms with Gasteiger partial charge in [0.1, 0.15) is 12.4 Å². The van der Waals surface area contributed by atoms with E-state index in [2.05, 4.69) is 42.5 Å². The molecule has 2 rings (SSSR count). The minimum Gasteiger partial charge on any atom is -0.491 e. The first-order chi connectivity index (χ1) is 14.2. The molecule has 162 valence electrons. The summed E-state index contributed by atoms with van der Waals surface area (Å²) in [4.78, 5) is 17.8. The number of ether oxygens (including phenoxy) is 1. The molecule has 30 heavy (non-hydrogen) atoms. The van der Waals surface area contributed by atoms with E-state index in [1.807, 2.05) is 42.5 Å². The monoisotopic (exact) mass is 410 g/mol. The molecule has 2 N–H and O–H groups in total. The number of guanidine groups is 1. The van der Waals surface area contributed by atoms with Gasteiger partial charge in [-0.3, -0.25) is 9.79 Å². The molecule has 0 saturated carbocycles. The Morgan fingerprint density at radius 1 is 1.03 bits per heavy atom. The van der Waals surface area contributed by atoms with Crippen LogP contribution >= 0.6 is 0 Å². The van der Waals surface area contributed by atoms with Gasteiger partial charge in [-0.1, -0.05) is 51.1 Å². The maximum atomic E-state index is 12.0. The van der Waals surface area contributed by atoms with Crippen molar-refractivity contribution in [2.45, 2.75) is 32.7 Å². The fourth-order valence-electron chi connectivity index (χ4n) is 2.97. The zero-order valence-electron chi connectivity index (χ0n) is 19.0. The Labute approximate surface area is 180 Å². The normalized spacial score (nSPS) is 11.7. The first-order valence-corrected chi connectivity index (χ1v) is 10.2. The molecule has 6 nitrogen and oxygen atoms in total. The van der Waals surface area contributed by atoms with E-state index in [1.54, 1.807) is 26.0 Å². The van der Waals surface area contributed by atoms with Crippen molar-refractivity contribution in [3.63, 3.8) is 0 Å². The van der Waals surface area contributed by atoms with E-state index >= 15 is 0 Å². The summed E-state index contributed by atoms with van der Waals surface area (Å²) in [7, 11) is 5.24. The summed E-state index contributed by atoms with van der Waals surface area (Å²) >= 11 is 0.